The molecule has 41 heavy (non-hydrogen) atoms. The normalized spacial score (nSPS) is 12.3. The van der Waals surface area contributed by atoms with Crippen molar-refractivity contribution in [2.24, 2.45) is 11.8 Å². The number of rotatable bonds is 31. The minimum atomic E-state index is -0.955. The monoisotopic (exact) mass is 583 g/mol. The van der Waals surface area contributed by atoms with Crippen molar-refractivity contribution in [3.05, 3.63) is 0 Å². The van der Waals surface area contributed by atoms with Crippen LogP contribution >= 0.6 is 0 Å². The topological polar surface area (TPSA) is 72.8 Å². The van der Waals surface area contributed by atoms with E-state index in [2.05, 4.69) is 27.7 Å². The van der Waals surface area contributed by atoms with E-state index in [1.807, 2.05) is 0 Å². The average Bonchev–Trinajstić information content (AvgIpc) is 2.93. The van der Waals surface area contributed by atoms with Gasteiger partial charge in [0.15, 0.2) is 0 Å². The highest BCUT2D eigenvalue weighted by atomic mass is 16.6. The molecule has 0 aromatic rings. The molecule has 0 saturated carbocycles. The molecule has 1 N–H and O–H groups in total. The molecule has 0 fully saturated rings. The Balaban J connectivity index is 3.38. The molecule has 0 amide bonds. The van der Waals surface area contributed by atoms with Gasteiger partial charge < -0.3 is 14.6 Å². The summed E-state index contributed by atoms with van der Waals surface area (Å²) in [5.41, 5.74) is 0. The highest BCUT2D eigenvalue weighted by molar-refractivity contribution is 5.69. The average molecular weight is 583 g/mol. The fourth-order valence-corrected chi connectivity index (χ4v) is 5.22. The molecule has 0 unspecified atom stereocenters. The summed E-state index contributed by atoms with van der Waals surface area (Å²) < 4.78 is 10.3. The van der Waals surface area contributed by atoms with Crippen LogP contribution in [-0.2, 0) is 19.1 Å². The molecular formula is C36H70O5. The van der Waals surface area contributed by atoms with Crippen LogP contribution in [0.4, 0.5) is 0 Å². The van der Waals surface area contributed by atoms with Crippen molar-refractivity contribution in [2.75, 3.05) is 13.2 Å². The number of hydrogen-bond acceptors (Lipinski definition) is 5. The zero-order valence-corrected chi connectivity index (χ0v) is 27.9. The van der Waals surface area contributed by atoms with E-state index in [1.165, 1.54) is 116 Å². The Labute approximate surface area is 255 Å². The molecule has 0 aliphatic carbocycles. The van der Waals surface area contributed by atoms with Crippen molar-refractivity contribution in [1.82, 2.24) is 0 Å². The van der Waals surface area contributed by atoms with Crippen molar-refractivity contribution < 1.29 is 24.2 Å². The van der Waals surface area contributed by atoms with Gasteiger partial charge in [-0.15, -0.1) is 0 Å². The van der Waals surface area contributed by atoms with Crippen LogP contribution in [0, 0.1) is 11.8 Å². The summed E-state index contributed by atoms with van der Waals surface area (Å²) >= 11 is 0. The van der Waals surface area contributed by atoms with Gasteiger partial charge in [0.05, 0.1) is 0 Å². The summed E-state index contributed by atoms with van der Waals surface area (Å²) in [7, 11) is 0. The standard InChI is InChI=1S/C36H70O5/c1-32(2)26-22-18-14-12-10-8-6-5-7-9-11-13-15-20-24-28-35(38)40-30-34(37)31-41-36(39)29-25-21-17-16-19-23-27-33(3)4/h32-34,37H,5-31H2,1-4H3/t34-/m1/s1. The predicted octanol–water partition coefficient (Wildman–Crippen LogP) is 10.5. The van der Waals surface area contributed by atoms with E-state index in [-0.39, 0.29) is 25.2 Å². The number of hydrogen-bond donors (Lipinski definition) is 1. The van der Waals surface area contributed by atoms with E-state index < -0.39 is 6.10 Å². The lowest BCUT2D eigenvalue weighted by Crippen LogP contribution is -2.25. The predicted molar refractivity (Wildman–Crippen MR) is 173 cm³/mol. The first-order valence-corrected chi connectivity index (χ1v) is 17.8. The molecule has 0 saturated heterocycles. The third-order valence-electron chi connectivity index (χ3n) is 7.95. The highest BCUT2D eigenvalue weighted by Gasteiger charge is 2.12. The molecule has 0 aliphatic heterocycles. The Morgan fingerprint density at radius 1 is 0.439 bits per heavy atom. The highest BCUT2D eigenvalue weighted by Crippen LogP contribution is 2.15. The van der Waals surface area contributed by atoms with Gasteiger partial charge in [-0.25, -0.2) is 0 Å². The fourth-order valence-electron chi connectivity index (χ4n) is 5.22. The molecule has 0 aromatic heterocycles. The van der Waals surface area contributed by atoms with Gasteiger partial charge in [-0.2, -0.15) is 0 Å². The summed E-state index contributed by atoms with van der Waals surface area (Å²) in [5, 5.41) is 9.95. The van der Waals surface area contributed by atoms with Gasteiger partial charge in [-0.05, 0) is 24.7 Å². The summed E-state index contributed by atoms with van der Waals surface area (Å²) in [5.74, 6) is 1.07. The minimum Gasteiger partial charge on any atom is -0.463 e. The summed E-state index contributed by atoms with van der Waals surface area (Å²) in [6.07, 6.45) is 28.8. The Hall–Kier alpha value is -1.10. The SMILES string of the molecule is CC(C)CCCCCCCCCCCCCCCCCC(=O)OC[C@@H](O)COC(=O)CCCCCCCCC(C)C. The van der Waals surface area contributed by atoms with Crippen LogP contribution in [0.1, 0.15) is 188 Å². The molecule has 0 bridgehead atoms. The summed E-state index contributed by atoms with van der Waals surface area (Å²) in [4.78, 5) is 23.8. The maximum atomic E-state index is 11.9. The molecule has 0 aromatic carbocycles. The van der Waals surface area contributed by atoms with Crippen molar-refractivity contribution in [3.63, 3.8) is 0 Å². The quantitative estimate of drug-likeness (QED) is 0.0650. The van der Waals surface area contributed by atoms with Crippen LogP contribution in [-0.4, -0.2) is 36.4 Å². The van der Waals surface area contributed by atoms with Gasteiger partial charge in [-0.1, -0.05) is 163 Å². The first-order valence-electron chi connectivity index (χ1n) is 17.8. The van der Waals surface area contributed by atoms with E-state index in [0.717, 1.165) is 43.9 Å². The Morgan fingerprint density at radius 2 is 0.683 bits per heavy atom. The number of carbonyl (C=O) groups excluding carboxylic acids is 2. The van der Waals surface area contributed by atoms with E-state index in [1.54, 1.807) is 0 Å². The molecule has 5 heteroatoms. The second kappa shape index (κ2) is 30.4. The van der Waals surface area contributed by atoms with Crippen LogP contribution in [0.15, 0.2) is 0 Å². The molecule has 1 atom stereocenters. The van der Waals surface area contributed by atoms with Crippen LogP contribution in [0.2, 0.25) is 0 Å². The number of aliphatic hydroxyl groups excluding tert-OH is 1. The van der Waals surface area contributed by atoms with Gasteiger partial charge >= 0.3 is 11.9 Å². The maximum Gasteiger partial charge on any atom is 0.305 e. The third kappa shape index (κ3) is 33.3. The maximum absolute atomic E-state index is 11.9. The van der Waals surface area contributed by atoms with Crippen molar-refractivity contribution >= 4 is 11.9 Å². The zero-order valence-electron chi connectivity index (χ0n) is 27.9. The van der Waals surface area contributed by atoms with Gasteiger partial charge in [0, 0.05) is 12.8 Å². The molecule has 0 radical (unpaired) electrons. The molecule has 0 spiro atoms. The fraction of sp³-hybridized carbons (Fsp3) is 0.944. The van der Waals surface area contributed by atoms with Crippen LogP contribution in [0.5, 0.6) is 0 Å². The van der Waals surface area contributed by atoms with Crippen molar-refractivity contribution in [3.8, 4) is 0 Å². The molecule has 0 heterocycles. The van der Waals surface area contributed by atoms with E-state index in [0.29, 0.717) is 12.8 Å². The van der Waals surface area contributed by atoms with E-state index >= 15 is 0 Å². The second-order valence-corrected chi connectivity index (χ2v) is 13.3. The first kappa shape index (κ1) is 39.9. The zero-order chi connectivity index (χ0) is 30.4. The van der Waals surface area contributed by atoms with Gasteiger partial charge in [0.2, 0.25) is 0 Å². The van der Waals surface area contributed by atoms with Crippen LogP contribution in [0.3, 0.4) is 0 Å². The number of aliphatic hydroxyl groups is 1. The number of esters is 2. The lowest BCUT2D eigenvalue weighted by Gasteiger charge is -2.12. The lowest BCUT2D eigenvalue weighted by molar-refractivity contribution is -0.152. The smallest absolute Gasteiger partial charge is 0.305 e. The first-order chi connectivity index (χ1) is 19.8. The summed E-state index contributed by atoms with van der Waals surface area (Å²) in [6.45, 7) is 8.93. The van der Waals surface area contributed by atoms with Crippen LogP contribution in [0.25, 0.3) is 0 Å². The number of carbonyl (C=O) groups is 2. The molecule has 5 nitrogen and oxygen atoms in total. The third-order valence-corrected chi connectivity index (χ3v) is 7.95. The number of ether oxygens (including phenoxy) is 2. The van der Waals surface area contributed by atoms with Crippen molar-refractivity contribution in [1.29, 1.82) is 0 Å². The molecular weight excluding hydrogens is 512 g/mol. The molecule has 0 aliphatic rings. The van der Waals surface area contributed by atoms with E-state index in [4.69, 9.17) is 9.47 Å². The Kier molecular flexibility index (Phi) is 29.5. The Morgan fingerprint density at radius 3 is 0.951 bits per heavy atom. The lowest BCUT2D eigenvalue weighted by atomic mass is 10.0. The van der Waals surface area contributed by atoms with E-state index in [9.17, 15) is 14.7 Å². The Bertz CT molecular complexity index is 574. The second-order valence-electron chi connectivity index (χ2n) is 13.3. The van der Waals surface area contributed by atoms with Crippen molar-refractivity contribution in [2.45, 2.75) is 194 Å². The summed E-state index contributed by atoms with van der Waals surface area (Å²) in [6, 6.07) is 0. The van der Waals surface area contributed by atoms with Gasteiger partial charge in [0.25, 0.3) is 0 Å². The van der Waals surface area contributed by atoms with Crippen LogP contribution < -0.4 is 0 Å². The molecule has 244 valence electrons. The largest absolute Gasteiger partial charge is 0.463 e. The minimum absolute atomic E-state index is 0.110. The molecule has 0 rings (SSSR count). The van der Waals surface area contributed by atoms with Gasteiger partial charge in [0.1, 0.15) is 19.3 Å². The number of unbranched alkanes of at least 4 members (excludes halogenated alkanes) is 19. The van der Waals surface area contributed by atoms with Gasteiger partial charge in [-0.3, -0.25) is 9.59 Å².